The lowest BCUT2D eigenvalue weighted by Crippen LogP contribution is -2.39. The summed E-state index contributed by atoms with van der Waals surface area (Å²) in [5.74, 6) is 0.942. The zero-order chi connectivity index (χ0) is 14.3. The Morgan fingerprint density at radius 2 is 2.00 bits per heavy atom. The SMILES string of the molecule is CCC1C2CNCC2CN1S(=O)(=O)c1ccc(I)cc1. The van der Waals surface area contributed by atoms with E-state index in [-0.39, 0.29) is 6.04 Å². The molecule has 1 aromatic rings. The largest absolute Gasteiger partial charge is 0.316 e. The average molecular weight is 406 g/mol. The maximum atomic E-state index is 12.8. The van der Waals surface area contributed by atoms with Gasteiger partial charge in [-0.1, -0.05) is 6.92 Å². The third-order valence-corrected chi connectivity index (χ3v) is 7.13. The minimum Gasteiger partial charge on any atom is -0.316 e. The third kappa shape index (κ3) is 2.40. The van der Waals surface area contributed by atoms with Gasteiger partial charge < -0.3 is 5.32 Å². The summed E-state index contributed by atoms with van der Waals surface area (Å²) in [7, 11) is -3.36. The first-order chi connectivity index (χ1) is 9.54. The van der Waals surface area contributed by atoms with Crippen molar-refractivity contribution < 1.29 is 8.42 Å². The molecule has 20 heavy (non-hydrogen) atoms. The maximum Gasteiger partial charge on any atom is 0.243 e. The predicted molar refractivity (Wildman–Crippen MR) is 87.0 cm³/mol. The van der Waals surface area contributed by atoms with Crippen LogP contribution in [-0.4, -0.2) is 38.4 Å². The highest BCUT2D eigenvalue weighted by atomic mass is 127. The predicted octanol–water partition coefficient (Wildman–Crippen LogP) is 1.91. The summed E-state index contributed by atoms with van der Waals surface area (Å²) in [5, 5.41) is 3.39. The van der Waals surface area contributed by atoms with Crippen LogP contribution in [0.4, 0.5) is 0 Å². The molecule has 1 aromatic carbocycles. The molecule has 2 heterocycles. The lowest BCUT2D eigenvalue weighted by atomic mass is 9.93. The smallest absolute Gasteiger partial charge is 0.243 e. The second-order valence-corrected chi connectivity index (χ2v) is 8.72. The molecule has 0 aliphatic carbocycles. The van der Waals surface area contributed by atoms with Crippen molar-refractivity contribution in [3.05, 3.63) is 27.8 Å². The molecule has 3 rings (SSSR count). The van der Waals surface area contributed by atoms with Crippen molar-refractivity contribution in [1.29, 1.82) is 0 Å². The van der Waals surface area contributed by atoms with Crippen molar-refractivity contribution in [2.45, 2.75) is 24.3 Å². The van der Waals surface area contributed by atoms with Crippen LogP contribution in [0.5, 0.6) is 0 Å². The molecule has 110 valence electrons. The van der Waals surface area contributed by atoms with E-state index in [0.717, 1.165) is 23.1 Å². The minimum absolute atomic E-state index is 0.138. The monoisotopic (exact) mass is 406 g/mol. The van der Waals surface area contributed by atoms with Gasteiger partial charge >= 0.3 is 0 Å². The highest BCUT2D eigenvalue weighted by molar-refractivity contribution is 14.1. The zero-order valence-corrected chi connectivity index (χ0v) is 14.4. The Hall–Kier alpha value is -0.180. The van der Waals surface area contributed by atoms with Gasteiger partial charge in [0.05, 0.1) is 4.90 Å². The van der Waals surface area contributed by atoms with E-state index < -0.39 is 10.0 Å². The van der Waals surface area contributed by atoms with Crippen molar-refractivity contribution in [2.24, 2.45) is 11.8 Å². The molecular weight excluding hydrogens is 387 g/mol. The van der Waals surface area contributed by atoms with Crippen molar-refractivity contribution in [2.75, 3.05) is 19.6 Å². The first kappa shape index (κ1) is 14.7. The molecule has 0 radical (unpaired) electrons. The van der Waals surface area contributed by atoms with Crippen LogP contribution in [0.25, 0.3) is 0 Å². The highest BCUT2D eigenvalue weighted by Crippen LogP contribution is 2.37. The minimum atomic E-state index is -3.36. The van der Waals surface area contributed by atoms with Crippen LogP contribution in [0, 0.1) is 15.4 Å². The standard InChI is InChI=1S/C14H19IN2O2S/c1-2-14-13-8-16-7-10(13)9-17(14)20(18,19)12-5-3-11(15)4-6-12/h3-6,10,13-14,16H,2,7-9H2,1H3. The van der Waals surface area contributed by atoms with Gasteiger partial charge in [-0.15, -0.1) is 0 Å². The number of nitrogens with zero attached hydrogens (tertiary/aromatic N) is 1. The molecule has 2 fully saturated rings. The molecule has 6 heteroatoms. The Bertz CT molecular complexity index is 588. The van der Waals surface area contributed by atoms with Gasteiger partial charge in [0.1, 0.15) is 0 Å². The second-order valence-electron chi connectivity index (χ2n) is 5.59. The first-order valence-electron chi connectivity index (χ1n) is 7.02. The topological polar surface area (TPSA) is 49.4 Å². The number of benzene rings is 1. The van der Waals surface area contributed by atoms with Gasteiger partial charge in [0.15, 0.2) is 0 Å². The fourth-order valence-corrected chi connectivity index (χ4v) is 5.67. The summed E-state index contributed by atoms with van der Waals surface area (Å²) in [6.07, 6.45) is 0.881. The molecule has 0 aromatic heterocycles. The average Bonchev–Trinajstić information content (AvgIpc) is 2.99. The summed E-state index contributed by atoms with van der Waals surface area (Å²) in [6, 6.07) is 7.28. The lowest BCUT2D eigenvalue weighted by Gasteiger charge is -2.26. The van der Waals surface area contributed by atoms with E-state index in [1.807, 2.05) is 12.1 Å². The number of rotatable bonds is 3. The van der Waals surface area contributed by atoms with E-state index in [0.29, 0.717) is 23.3 Å². The molecule has 0 amide bonds. The maximum absolute atomic E-state index is 12.8. The molecule has 4 nitrogen and oxygen atoms in total. The van der Waals surface area contributed by atoms with Gasteiger partial charge in [-0.05, 0) is 78.2 Å². The fraction of sp³-hybridized carbons (Fsp3) is 0.571. The number of fused-ring (bicyclic) bond motifs is 1. The molecule has 3 unspecified atom stereocenters. The molecular formula is C14H19IN2O2S. The van der Waals surface area contributed by atoms with E-state index in [1.54, 1.807) is 16.4 Å². The lowest BCUT2D eigenvalue weighted by molar-refractivity contribution is 0.329. The Morgan fingerprint density at radius 1 is 1.30 bits per heavy atom. The Kier molecular flexibility index (Phi) is 4.09. The van der Waals surface area contributed by atoms with Crippen LogP contribution >= 0.6 is 22.6 Å². The van der Waals surface area contributed by atoms with Crippen molar-refractivity contribution >= 4 is 32.6 Å². The molecule has 0 bridgehead atoms. The van der Waals surface area contributed by atoms with E-state index in [4.69, 9.17) is 0 Å². The van der Waals surface area contributed by atoms with Gasteiger partial charge in [-0.2, -0.15) is 4.31 Å². The summed E-state index contributed by atoms with van der Waals surface area (Å²) in [5.41, 5.74) is 0. The molecule has 2 saturated heterocycles. The second kappa shape index (κ2) is 5.55. The van der Waals surface area contributed by atoms with Crippen LogP contribution in [0.3, 0.4) is 0 Å². The quantitative estimate of drug-likeness (QED) is 0.781. The third-order valence-electron chi connectivity index (χ3n) is 4.51. The molecule has 2 aliphatic rings. The molecule has 1 N–H and O–H groups in total. The molecule has 3 atom stereocenters. The summed E-state index contributed by atoms with van der Waals surface area (Å²) in [4.78, 5) is 0.421. The highest BCUT2D eigenvalue weighted by Gasteiger charge is 2.47. The Labute approximate surface area is 134 Å². The van der Waals surface area contributed by atoms with Crippen LogP contribution in [0.15, 0.2) is 29.2 Å². The zero-order valence-electron chi connectivity index (χ0n) is 11.4. The van der Waals surface area contributed by atoms with Crippen molar-refractivity contribution in [1.82, 2.24) is 9.62 Å². The van der Waals surface area contributed by atoms with Crippen LogP contribution < -0.4 is 5.32 Å². The van der Waals surface area contributed by atoms with E-state index in [9.17, 15) is 8.42 Å². The Morgan fingerprint density at radius 3 is 2.65 bits per heavy atom. The van der Waals surface area contributed by atoms with Gasteiger partial charge in [0.25, 0.3) is 0 Å². The van der Waals surface area contributed by atoms with E-state index in [2.05, 4.69) is 34.8 Å². The van der Waals surface area contributed by atoms with E-state index in [1.165, 1.54) is 0 Å². The number of nitrogens with one attached hydrogen (secondary N) is 1. The number of sulfonamides is 1. The summed E-state index contributed by atoms with van der Waals surface area (Å²) >= 11 is 2.19. The summed E-state index contributed by atoms with van der Waals surface area (Å²) in [6.45, 7) is 4.63. The van der Waals surface area contributed by atoms with Crippen LogP contribution in [-0.2, 0) is 10.0 Å². The molecule has 0 spiro atoms. The number of hydrogen-bond donors (Lipinski definition) is 1. The first-order valence-corrected chi connectivity index (χ1v) is 9.54. The van der Waals surface area contributed by atoms with Gasteiger partial charge in [0, 0.05) is 16.2 Å². The number of halogens is 1. The van der Waals surface area contributed by atoms with Crippen LogP contribution in [0.1, 0.15) is 13.3 Å². The fourth-order valence-electron chi connectivity index (χ4n) is 3.51. The van der Waals surface area contributed by atoms with Gasteiger partial charge in [0.2, 0.25) is 10.0 Å². The summed E-state index contributed by atoms with van der Waals surface area (Å²) < 4.78 is 28.5. The Balaban J connectivity index is 1.93. The number of hydrogen-bond acceptors (Lipinski definition) is 3. The van der Waals surface area contributed by atoms with E-state index >= 15 is 0 Å². The normalized spacial score (nSPS) is 30.6. The van der Waals surface area contributed by atoms with Gasteiger partial charge in [-0.25, -0.2) is 8.42 Å². The van der Waals surface area contributed by atoms with Crippen LogP contribution in [0.2, 0.25) is 0 Å². The van der Waals surface area contributed by atoms with Crippen molar-refractivity contribution in [3.8, 4) is 0 Å². The van der Waals surface area contributed by atoms with Crippen molar-refractivity contribution in [3.63, 3.8) is 0 Å². The molecule has 2 aliphatic heterocycles. The molecule has 0 saturated carbocycles. The van der Waals surface area contributed by atoms with Gasteiger partial charge in [-0.3, -0.25) is 0 Å².